The molecule has 0 saturated heterocycles. The van der Waals surface area contributed by atoms with Crippen molar-refractivity contribution in [3.63, 3.8) is 0 Å². The molecule has 1 aromatic heterocycles. The predicted molar refractivity (Wildman–Crippen MR) is 67.6 cm³/mol. The van der Waals surface area contributed by atoms with Crippen molar-refractivity contribution in [1.82, 2.24) is 9.97 Å². The third kappa shape index (κ3) is 2.39. The third-order valence-electron chi connectivity index (χ3n) is 2.40. The van der Waals surface area contributed by atoms with Gasteiger partial charge in [0.05, 0.1) is 0 Å². The molecule has 5 heteroatoms. The smallest absolute Gasteiger partial charge is 0.229 e. The van der Waals surface area contributed by atoms with Crippen LogP contribution in [0.5, 0.6) is 0 Å². The molecule has 0 spiro atoms. The summed E-state index contributed by atoms with van der Waals surface area (Å²) in [6, 6.07) is 9.17. The molecule has 3 N–H and O–H groups in total. The van der Waals surface area contributed by atoms with Crippen LogP contribution in [0.25, 0.3) is 0 Å². The molecule has 0 bridgehead atoms. The van der Waals surface area contributed by atoms with Crippen molar-refractivity contribution < 1.29 is 0 Å². The summed E-state index contributed by atoms with van der Waals surface area (Å²) in [4.78, 5) is 10.2. The van der Waals surface area contributed by atoms with E-state index in [1.165, 1.54) is 0 Å². The number of nitrogens with two attached hydrogens (primary N) is 1. The highest BCUT2D eigenvalue weighted by molar-refractivity contribution is 5.95. The number of nitrogens with zero attached hydrogens (tertiary/aromatic N) is 3. The molecule has 0 aliphatic rings. The number of aromatic nitrogens is 2. The molecule has 0 radical (unpaired) electrons. The van der Waals surface area contributed by atoms with E-state index in [4.69, 9.17) is 11.1 Å². The molecule has 0 unspecified atom stereocenters. The lowest BCUT2D eigenvalue weighted by atomic mass is 10.2. The Balaban J connectivity index is 2.34. The molecular weight excluding hydrogens is 214 g/mol. The highest BCUT2D eigenvalue weighted by Crippen LogP contribution is 2.20. The van der Waals surface area contributed by atoms with Crippen LogP contribution in [0.3, 0.4) is 0 Å². The van der Waals surface area contributed by atoms with Crippen LogP contribution in [0, 0.1) is 5.41 Å². The fourth-order valence-electron chi connectivity index (χ4n) is 1.46. The Kier molecular flexibility index (Phi) is 3.00. The Labute approximate surface area is 99.4 Å². The van der Waals surface area contributed by atoms with Gasteiger partial charge in [-0.2, -0.15) is 0 Å². The minimum atomic E-state index is 0.0502. The second-order valence-corrected chi connectivity index (χ2v) is 3.57. The van der Waals surface area contributed by atoms with E-state index in [-0.39, 0.29) is 5.84 Å². The Hall–Kier alpha value is -2.43. The van der Waals surface area contributed by atoms with Gasteiger partial charge >= 0.3 is 0 Å². The number of rotatable bonds is 3. The van der Waals surface area contributed by atoms with Gasteiger partial charge in [0.2, 0.25) is 5.95 Å². The average Bonchev–Trinajstić information content (AvgIpc) is 2.39. The van der Waals surface area contributed by atoms with Crippen molar-refractivity contribution in [3.05, 3.63) is 48.3 Å². The monoisotopic (exact) mass is 227 g/mol. The van der Waals surface area contributed by atoms with Crippen LogP contribution < -0.4 is 10.6 Å². The molecule has 17 heavy (non-hydrogen) atoms. The van der Waals surface area contributed by atoms with E-state index in [2.05, 4.69) is 9.97 Å². The van der Waals surface area contributed by atoms with E-state index in [1.54, 1.807) is 24.5 Å². The Morgan fingerprint density at radius 3 is 2.59 bits per heavy atom. The van der Waals surface area contributed by atoms with Gasteiger partial charge in [-0.25, -0.2) is 9.97 Å². The number of hydrogen-bond donors (Lipinski definition) is 2. The zero-order valence-corrected chi connectivity index (χ0v) is 9.46. The molecule has 86 valence electrons. The number of hydrogen-bond acceptors (Lipinski definition) is 4. The van der Waals surface area contributed by atoms with Gasteiger partial charge < -0.3 is 10.6 Å². The topological polar surface area (TPSA) is 78.9 Å². The van der Waals surface area contributed by atoms with Crippen LogP contribution in [0.15, 0.2) is 42.7 Å². The van der Waals surface area contributed by atoms with E-state index in [0.29, 0.717) is 11.5 Å². The van der Waals surface area contributed by atoms with Crippen LogP contribution >= 0.6 is 0 Å². The molecule has 0 saturated carbocycles. The quantitative estimate of drug-likeness (QED) is 0.615. The fourth-order valence-corrected chi connectivity index (χ4v) is 1.46. The lowest BCUT2D eigenvalue weighted by Crippen LogP contribution is -2.15. The van der Waals surface area contributed by atoms with Crippen LogP contribution in [0.4, 0.5) is 11.6 Å². The SMILES string of the molecule is CN(c1cccc(C(=N)N)c1)c1ncccn1. The maximum absolute atomic E-state index is 7.41. The third-order valence-corrected chi connectivity index (χ3v) is 2.40. The molecule has 0 fully saturated rings. The van der Waals surface area contributed by atoms with Gasteiger partial charge in [-0.15, -0.1) is 0 Å². The zero-order chi connectivity index (χ0) is 12.3. The standard InChI is InChI=1S/C12H13N5/c1-17(12-15-6-3-7-16-12)10-5-2-4-9(8-10)11(13)14/h2-8H,1H3,(H3,13,14). The second kappa shape index (κ2) is 4.61. The van der Waals surface area contributed by atoms with E-state index < -0.39 is 0 Å². The van der Waals surface area contributed by atoms with Gasteiger partial charge in [0.1, 0.15) is 5.84 Å². The average molecular weight is 227 g/mol. The minimum absolute atomic E-state index is 0.0502. The lowest BCUT2D eigenvalue weighted by molar-refractivity contribution is 1.04. The van der Waals surface area contributed by atoms with E-state index >= 15 is 0 Å². The Morgan fingerprint density at radius 2 is 1.94 bits per heavy atom. The molecule has 1 heterocycles. The van der Waals surface area contributed by atoms with Crippen molar-refractivity contribution in [1.29, 1.82) is 5.41 Å². The summed E-state index contributed by atoms with van der Waals surface area (Å²) >= 11 is 0. The molecule has 2 rings (SSSR count). The van der Waals surface area contributed by atoms with Gasteiger partial charge in [0.25, 0.3) is 0 Å². The zero-order valence-electron chi connectivity index (χ0n) is 9.46. The fraction of sp³-hybridized carbons (Fsp3) is 0.0833. The Bertz CT molecular complexity index is 523. The number of benzene rings is 1. The summed E-state index contributed by atoms with van der Waals surface area (Å²) in [5, 5.41) is 7.41. The van der Waals surface area contributed by atoms with Crippen LogP contribution in [0.2, 0.25) is 0 Å². The molecule has 0 aliphatic heterocycles. The van der Waals surface area contributed by atoms with E-state index in [9.17, 15) is 0 Å². The molecule has 1 aromatic carbocycles. The van der Waals surface area contributed by atoms with Crippen molar-refractivity contribution in [2.24, 2.45) is 5.73 Å². The molecular formula is C12H13N5. The van der Waals surface area contributed by atoms with Crippen LogP contribution in [0.1, 0.15) is 5.56 Å². The first kappa shape index (κ1) is 11.1. The van der Waals surface area contributed by atoms with Gasteiger partial charge in [-0.05, 0) is 18.2 Å². The summed E-state index contributed by atoms with van der Waals surface area (Å²) in [7, 11) is 1.87. The molecule has 2 aromatic rings. The van der Waals surface area contributed by atoms with Gasteiger partial charge in [-0.1, -0.05) is 12.1 Å². The first-order valence-electron chi connectivity index (χ1n) is 5.13. The number of amidine groups is 1. The van der Waals surface area contributed by atoms with Crippen molar-refractivity contribution in [3.8, 4) is 0 Å². The summed E-state index contributed by atoms with van der Waals surface area (Å²) < 4.78 is 0. The highest BCUT2D eigenvalue weighted by Gasteiger charge is 2.07. The van der Waals surface area contributed by atoms with Crippen molar-refractivity contribution in [2.45, 2.75) is 0 Å². The normalized spacial score (nSPS) is 9.94. The van der Waals surface area contributed by atoms with Gasteiger partial charge in [-0.3, -0.25) is 5.41 Å². The largest absolute Gasteiger partial charge is 0.384 e. The van der Waals surface area contributed by atoms with Crippen LogP contribution in [-0.4, -0.2) is 22.9 Å². The summed E-state index contributed by atoms with van der Waals surface area (Å²) in [6.07, 6.45) is 3.38. The Morgan fingerprint density at radius 1 is 1.24 bits per heavy atom. The first-order chi connectivity index (χ1) is 8.18. The second-order valence-electron chi connectivity index (χ2n) is 3.57. The molecule has 0 aliphatic carbocycles. The summed E-state index contributed by atoms with van der Waals surface area (Å²) in [5.41, 5.74) is 7.03. The maximum Gasteiger partial charge on any atom is 0.229 e. The van der Waals surface area contributed by atoms with E-state index in [1.807, 2.05) is 30.1 Å². The van der Waals surface area contributed by atoms with Crippen molar-refractivity contribution in [2.75, 3.05) is 11.9 Å². The first-order valence-corrected chi connectivity index (χ1v) is 5.13. The van der Waals surface area contributed by atoms with Crippen molar-refractivity contribution >= 4 is 17.5 Å². The number of anilines is 2. The van der Waals surface area contributed by atoms with Gasteiger partial charge in [0, 0.05) is 30.7 Å². The van der Waals surface area contributed by atoms with Crippen LogP contribution in [-0.2, 0) is 0 Å². The molecule has 0 atom stereocenters. The number of nitrogen functional groups attached to an aromatic ring is 1. The summed E-state index contributed by atoms with van der Waals surface area (Å²) in [5.74, 6) is 0.655. The molecule has 5 nitrogen and oxygen atoms in total. The summed E-state index contributed by atoms with van der Waals surface area (Å²) in [6.45, 7) is 0. The molecule has 0 amide bonds. The minimum Gasteiger partial charge on any atom is -0.384 e. The van der Waals surface area contributed by atoms with E-state index in [0.717, 1.165) is 5.69 Å². The van der Waals surface area contributed by atoms with Gasteiger partial charge in [0.15, 0.2) is 0 Å². The highest BCUT2D eigenvalue weighted by atomic mass is 15.2. The maximum atomic E-state index is 7.41. The predicted octanol–water partition coefficient (Wildman–Crippen LogP) is 1.53. The number of nitrogens with one attached hydrogen (secondary N) is 1. The lowest BCUT2D eigenvalue weighted by Gasteiger charge is -2.17.